The zero-order valence-electron chi connectivity index (χ0n) is 9.51. The van der Waals surface area contributed by atoms with E-state index in [1.54, 1.807) is 0 Å². The minimum Gasteiger partial charge on any atom is -0.314 e. The smallest absolute Gasteiger partial charge is 0.137 e. The molecule has 2 nitrogen and oxygen atoms in total. The number of carbonyl (C=O) groups is 1. The highest BCUT2D eigenvalue weighted by Gasteiger charge is 2.18. The van der Waals surface area contributed by atoms with Gasteiger partial charge in [0.15, 0.2) is 0 Å². The van der Waals surface area contributed by atoms with E-state index in [1.807, 2.05) is 6.92 Å². The highest BCUT2D eigenvalue weighted by molar-refractivity contribution is 5.81. The lowest BCUT2D eigenvalue weighted by Crippen LogP contribution is -2.32. The second-order valence-corrected chi connectivity index (χ2v) is 4.48. The normalized spacial score (nSPS) is 25.4. The summed E-state index contributed by atoms with van der Waals surface area (Å²) < 4.78 is 0. The van der Waals surface area contributed by atoms with Gasteiger partial charge in [-0.3, -0.25) is 4.79 Å². The molecule has 0 saturated carbocycles. The Morgan fingerprint density at radius 3 is 2.93 bits per heavy atom. The average molecular weight is 197 g/mol. The van der Waals surface area contributed by atoms with Crippen molar-refractivity contribution in [1.29, 1.82) is 0 Å². The van der Waals surface area contributed by atoms with E-state index >= 15 is 0 Å². The third-order valence-corrected chi connectivity index (χ3v) is 3.27. The third-order valence-electron chi connectivity index (χ3n) is 3.27. The minimum atomic E-state index is 0.250. The minimum absolute atomic E-state index is 0.250. The maximum absolute atomic E-state index is 11.7. The van der Waals surface area contributed by atoms with E-state index in [9.17, 15) is 4.79 Å². The predicted molar refractivity (Wildman–Crippen MR) is 59.3 cm³/mol. The van der Waals surface area contributed by atoms with Crippen LogP contribution in [0.25, 0.3) is 0 Å². The van der Waals surface area contributed by atoms with Gasteiger partial charge in [0, 0.05) is 18.4 Å². The van der Waals surface area contributed by atoms with Crippen molar-refractivity contribution in [2.24, 2.45) is 5.92 Å². The van der Waals surface area contributed by atoms with Crippen LogP contribution in [0.2, 0.25) is 0 Å². The lowest BCUT2D eigenvalue weighted by Gasteiger charge is -2.16. The number of rotatable bonds is 4. The van der Waals surface area contributed by atoms with Gasteiger partial charge in [0.2, 0.25) is 0 Å². The van der Waals surface area contributed by atoms with Crippen LogP contribution in [0.5, 0.6) is 0 Å². The van der Waals surface area contributed by atoms with Gasteiger partial charge < -0.3 is 5.32 Å². The molecule has 0 bridgehead atoms. The van der Waals surface area contributed by atoms with E-state index in [4.69, 9.17) is 0 Å². The van der Waals surface area contributed by atoms with E-state index in [0.717, 1.165) is 19.4 Å². The molecule has 0 radical (unpaired) electrons. The van der Waals surface area contributed by atoms with Crippen LogP contribution in [0.3, 0.4) is 0 Å². The first-order valence-electron chi connectivity index (χ1n) is 6.00. The van der Waals surface area contributed by atoms with E-state index in [-0.39, 0.29) is 5.92 Å². The van der Waals surface area contributed by atoms with Crippen molar-refractivity contribution in [3.8, 4) is 0 Å². The second-order valence-electron chi connectivity index (χ2n) is 4.48. The Bertz CT molecular complexity index is 171. The molecule has 2 heteroatoms. The molecule has 0 aromatic heterocycles. The summed E-state index contributed by atoms with van der Waals surface area (Å²) in [6.07, 6.45) is 6.78. The van der Waals surface area contributed by atoms with Crippen LogP contribution in [0.4, 0.5) is 0 Å². The first kappa shape index (κ1) is 11.7. The molecular formula is C12H23NO. The summed E-state index contributed by atoms with van der Waals surface area (Å²) in [7, 11) is 0. The average Bonchev–Trinajstić information content (AvgIpc) is 2.45. The highest BCUT2D eigenvalue weighted by atomic mass is 16.1. The third kappa shape index (κ3) is 3.79. The Labute approximate surface area is 87.5 Å². The number of hydrogen-bond acceptors (Lipinski definition) is 2. The molecule has 1 N–H and O–H groups in total. The molecule has 1 aliphatic heterocycles. The summed E-state index contributed by atoms with van der Waals surface area (Å²) in [4.78, 5) is 11.7. The molecule has 14 heavy (non-hydrogen) atoms. The molecule has 0 aromatic rings. The quantitative estimate of drug-likeness (QED) is 0.750. The fraction of sp³-hybridized carbons (Fsp3) is 0.917. The zero-order chi connectivity index (χ0) is 10.4. The van der Waals surface area contributed by atoms with Crippen molar-refractivity contribution >= 4 is 5.78 Å². The predicted octanol–water partition coefficient (Wildman–Crippen LogP) is 2.52. The second kappa shape index (κ2) is 6.18. The summed E-state index contributed by atoms with van der Waals surface area (Å²) in [6.45, 7) is 5.22. The van der Waals surface area contributed by atoms with Gasteiger partial charge in [-0.1, -0.05) is 26.7 Å². The topological polar surface area (TPSA) is 29.1 Å². The first-order chi connectivity index (χ1) is 6.74. The summed E-state index contributed by atoms with van der Waals surface area (Å²) in [5.74, 6) is 0.687. The van der Waals surface area contributed by atoms with Crippen LogP contribution >= 0.6 is 0 Å². The van der Waals surface area contributed by atoms with E-state index < -0.39 is 0 Å². The van der Waals surface area contributed by atoms with Gasteiger partial charge in [-0.15, -0.1) is 0 Å². The van der Waals surface area contributed by atoms with Crippen LogP contribution in [0, 0.1) is 5.92 Å². The Balaban J connectivity index is 2.30. The largest absolute Gasteiger partial charge is 0.314 e. The van der Waals surface area contributed by atoms with Crippen LogP contribution in [-0.2, 0) is 4.79 Å². The number of Topliss-reactive ketones (excluding diaryl/α,β-unsaturated/α-hetero) is 1. The molecule has 0 amide bonds. The van der Waals surface area contributed by atoms with Crippen molar-refractivity contribution < 1.29 is 4.79 Å². The molecule has 2 atom stereocenters. The summed E-state index contributed by atoms with van der Waals surface area (Å²) in [5.41, 5.74) is 0. The van der Waals surface area contributed by atoms with Crippen molar-refractivity contribution in [2.75, 3.05) is 6.54 Å². The molecule has 2 unspecified atom stereocenters. The molecule has 0 aromatic carbocycles. The van der Waals surface area contributed by atoms with Gasteiger partial charge in [0.1, 0.15) is 5.78 Å². The highest BCUT2D eigenvalue weighted by Crippen LogP contribution is 2.14. The monoisotopic (exact) mass is 197 g/mol. The van der Waals surface area contributed by atoms with Gasteiger partial charge in [-0.05, 0) is 25.8 Å². The van der Waals surface area contributed by atoms with Gasteiger partial charge in [-0.25, -0.2) is 0 Å². The van der Waals surface area contributed by atoms with Gasteiger partial charge in [0.25, 0.3) is 0 Å². The number of ketones is 1. The Kier molecular flexibility index (Phi) is 5.16. The lowest BCUT2D eigenvalue weighted by atomic mass is 9.96. The SMILES string of the molecule is CCC(C)C(=O)CC1CCCCCN1. The van der Waals surface area contributed by atoms with Crippen LogP contribution in [0.1, 0.15) is 52.4 Å². The number of carbonyl (C=O) groups excluding carboxylic acids is 1. The Morgan fingerprint density at radius 1 is 1.43 bits per heavy atom. The van der Waals surface area contributed by atoms with Crippen LogP contribution in [-0.4, -0.2) is 18.4 Å². The molecule has 0 aliphatic carbocycles. The summed E-state index contributed by atoms with van der Waals surface area (Å²) in [5, 5.41) is 3.47. The Hall–Kier alpha value is -0.370. The van der Waals surface area contributed by atoms with E-state index in [2.05, 4.69) is 12.2 Å². The fourth-order valence-electron chi connectivity index (χ4n) is 1.95. The molecular weight excluding hydrogens is 174 g/mol. The standard InChI is InChI=1S/C12H23NO/c1-3-10(2)12(14)9-11-7-5-4-6-8-13-11/h10-11,13H,3-9H2,1-2H3. The van der Waals surface area contributed by atoms with Crippen molar-refractivity contribution in [3.05, 3.63) is 0 Å². The molecule has 82 valence electrons. The molecule has 1 heterocycles. The molecule has 1 fully saturated rings. The Morgan fingerprint density at radius 2 is 2.21 bits per heavy atom. The first-order valence-corrected chi connectivity index (χ1v) is 6.00. The van der Waals surface area contributed by atoms with Gasteiger partial charge >= 0.3 is 0 Å². The molecule has 1 rings (SSSR count). The number of nitrogens with one attached hydrogen (secondary N) is 1. The van der Waals surface area contributed by atoms with Crippen LogP contribution < -0.4 is 5.32 Å². The van der Waals surface area contributed by atoms with Crippen molar-refractivity contribution in [3.63, 3.8) is 0 Å². The summed E-state index contributed by atoms with van der Waals surface area (Å²) >= 11 is 0. The zero-order valence-corrected chi connectivity index (χ0v) is 9.51. The fourth-order valence-corrected chi connectivity index (χ4v) is 1.95. The van der Waals surface area contributed by atoms with Crippen molar-refractivity contribution in [2.45, 2.75) is 58.4 Å². The van der Waals surface area contributed by atoms with E-state index in [1.165, 1.54) is 25.7 Å². The van der Waals surface area contributed by atoms with Crippen LogP contribution in [0.15, 0.2) is 0 Å². The maximum atomic E-state index is 11.7. The van der Waals surface area contributed by atoms with Crippen molar-refractivity contribution in [1.82, 2.24) is 5.32 Å². The van der Waals surface area contributed by atoms with E-state index in [0.29, 0.717) is 11.8 Å². The molecule has 1 saturated heterocycles. The number of hydrogen-bond donors (Lipinski definition) is 1. The molecule has 1 aliphatic rings. The summed E-state index contributed by atoms with van der Waals surface area (Å²) in [6, 6.07) is 0.457. The van der Waals surface area contributed by atoms with Gasteiger partial charge in [-0.2, -0.15) is 0 Å². The maximum Gasteiger partial charge on any atom is 0.137 e. The lowest BCUT2D eigenvalue weighted by molar-refractivity contribution is -0.123. The molecule has 0 spiro atoms. The van der Waals surface area contributed by atoms with Gasteiger partial charge in [0.05, 0.1) is 0 Å².